The molecule has 5 nitrogen and oxygen atoms in total. The summed E-state index contributed by atoms with van der Waals surface area (Å²) in [6.45, 7) is 0. The van der Waals surface area contributed by atoms with Crippen LogP contribution >= 0.6 is 11.3 Å². The second-order valence-electron chi connectivity index (χ2n) is 3.68. The third-order valence-electron chi connectivity index (χ3n) is 2.42. The standard InChI is InChI=1S/C13H9NO4S/c15-13(16)12-10(6-7-19-12)5-4-9-2-1-3-11(8-9)14(17)18/h1-8H,(H,15,16)/p-1/b5-4+. The Bertz CT molecular complexity index is 660. The van der Waals surface area contributed by atoms with Crippen molar-refractivity contribution in [2.75, 3.05) is 0 Å². The fourth-order valence-electron chi connectivity index (χ4n) is 1.54. The number of nitrogens with zero attached hydrogens (tertiary/aromatic N) is 1. The van der Waals surface area contributed by atoms with Gasteiger partial charge in [-0.3, -0.25) is 10.1 Å². The van der Waals surface area contributed by atoms with Crippen molar-refractivity contribution in [3.63, 3.8) is 0 Å². The zero-order valence-corrected chi connectivity index (χ0v) is 10.4. The third kappa shape index (κ3) is 3.05. The summed E-state index contributed by atoms with van der Waals surface area (Å²) in [5, 5.41) is 23.1. The molecule has 0 saturated carbocycles. The van der Waals surface area contributed by atoms with E-state index in [2.05, 4.69) is 0 Å². The van der Waals surface area contributed by atoms with Crippen molar-refractivity contribution in [2.45, 2.75) is 0 Å². The topological polar surface area (TPSA) is 83.3 Å². The molecule has 6 heteroatoms. The van der Waals surface area contributed by atoms with E-state index in [9.17, 15) is 20.0 Å². The zero-order chi connectivity index (χ0) is 13.8. The van der Waals surface area contributed by atoms with Crippen molar-refractivity contribution < 1.29 is 14.8 Å². The lowest BCUT2D eigenvalue weighted by Gasteiger charge is -1.99. The number of non-ortho nitro benzene ring substituents is 1. The molecule has 1 aromatic heterocycles. The van der Waals surface area contributed by atoms with Crippen LogP contribution in [0.25, 0.3) is 12.2 Å². The Labute approximate surface area is 112 Å². The molecule has 0 N–H and O–H groups in total. The maximum atomic E-state index is 10.8. The van der Waals surface area contributed by atoms with Crippen molar-refractivity contribution in [2.24, 2.45) is 0 Å². The first kappa shape index (κ1) is 13.0. The lowest BCUT2D eigenvalue weighted by atomic mass is 10.1. The second-order valence-corrected chi connectivity index (χ2v) is 4.59. The molecule has 0 aliphatic carbocycles. The molecule has 19 heavy (non-hydrogen) atoms. The van der Waals surface area contributed by atoms with Gasteiger partial charge in [-0.15, -0.1) is 11.3 Å². The highest BCUT2D eigenvalue weighted by Gasteiger charge is 2.05. The Hall–Kier alpha value is -2.47. The second kappa shape index (κ2) is 5.45. The number of hydrogen-bond donors (Lipinski definition) is 0. The van der Waals surface area contributed by atoms with Crippen molar-refractivity contribution in [1.82, 2.24) is 0 Å². The number of hydrogen-bond acceptors (Lipinski definition) is 5. The van der Waals surface area contributed by atoms with Crippen LogP contribution in [0.2, 0.25) is 0 Å². The van der Waals surface area contributed by atoms with Crippen molar-refractivity contribution in [3.8, 4) is 0 Å². The van der Waals surface area contributed by atoms with Crippen LogP contribution in [0, 0.1) is 10.1 Å². The molecule has 0 radical (unpaired) electrons. The molecule has 0 atom stereocenters. The van der Waals surface area contributed by atoms with E-state index < -0.39 is 10.9 Å². The van der Waals surface area contributed by atoms with Crippen LogP contribution in [-0.2, 0) is 0 Å². The Morgan fingerprint density at radius 3 is 2.74 bits per heavy atom. The fourth-order valence-corrected chi connectivity index (χ4v) is 2.26. The SMILES string of the molecule is O=C([O-])c1sccc1/C=C/c1cccc([N+](=O)[O-])c1. The molecule has 0 aliphatic heterocycles. The minimum absolute atomic E-state index is 0.00686. The molecule has 2 aromatic rings. The van der Waals surface area contributed by atoms with Gasteiger partial charge < -0.3 is 9.90 Å². The molecule has 0 aliphatic rings. The summed E-state index contributed by atoms with van der Waals surface area (Å²) in [6, 6.07) is 7.75. The van der Waals surface area contributed by atoms with Crippen molar-refractivity contribution >= 4 is 35.1 Å². The number of carbonyl (C=O) groups is 1. The largest absolute Gasteiger partial charge is 0.544 e. The Morgan fingerprint density at radius 1 is 1.26 bits per heavy atom. The van der Waals surface area contributed by atoms with Crippen molar-refractivity contribution in [1.29, 1.82) is 0 Å². The molecular formula is C13H8NO4S-. The van der Waals surface area contributed by atoms with Crippen LogP contribution in [0.4, 0.5) is 5.69 Å². The number of nitro benzene ring substituents is 1. The predicted molar refractivity (Wildman–Crippen MR) is 70.7 cm³/mol. The van der Waals surface area contributed by atoms with Crippen molar-refractivity contribution in [3.05, 3.63) is 61.8 Å². The highest BCUT2D eigenvalue weighted by atomic mass is 32.1. The first-order valence-electron chi connectivity index (χ1n) is 5.29. The molecule has 1 aromatic carbocycles. The number of carboxylic acids is 1. The van der Waals surface area contributed by atoms with E-state index >= 15 is 0 Å². The van der Waals surface area contributed by atoms with E-state index in [0.29, 0.717) is 11.1 Å². The Balaban J connectivity index is 2.27. The van der Waals surface area contributed by atoms with Gasteiger partial charge in [0.05, 0.1) is 15.8 Å². The summed E-state index contributed by atoms with van der Waals surface area (Å²) >= 11 is 1.08. The van der Waals surface area contributed by atoms with Crippen LogP contribution in [-0.4, -0.2) is 10.9 Å². The first-order valence-corrected chi connectivity index (χ1v) is 6.17. The summed E-state index contributed by atoms with van der Waals surface area (Å²) in [5.74, 6) is -1.23. The maximum absolute atomic E-state index is 10.8. The minimum Gasteiger partial charge on any atom is -0.544 e. The number of carboxylic acid groups (broad SMARTS) is 1. The molecule has 1 heterocycles. The molecule has 0 bridgehead atoms. The van der Waals surface area contributed by atoms with Crippen LogP contribution in [0.3, 0.4) is 0 Å². The fraction of sp³-hybridized carbons (Fsp3) is 0. The maximum Gasteiger partial charge on any atom is 0.270 e. The molecule has 0 fully saturated rings. The minimum atomic E-state index is -1.23. The number of benzene rings is 1. The number of nitro groups is 1. The molecular weight excluding hydrogens is 266 g/mol. The van der Waals surface area contributed by atoms with Gasteiger partial charge in [0.25, 0.3) is 5.69 Å². The van der Waals surface area contributed by atoms with Gasteiger partial charge in [0.2, 0.25) is 0 Å². The van der Waals surface area contributed by atoms with E-state index in [1.54, 1.807) is 35.7 Å². The van der Waals surface area contributed by atoms with E-state index in [1.807, 2.05) is 0 Å². The number of aromatic carboxylic acids is 1. The van der Waals surface area contributed by atoms with E-state index in [0.717, 1.165) is 11.3 Å². The molecule has 96 valence electrons. The normalized spacial score (nSPS) is 10.7. The average molecular weight is 274 g/mol. The van der Waals surface area contributed by atoms with Crippen LogP contribution in [0.1, 0.15) is 20.8 Å². The van der Waals surface area contributed by atoms with Crippen LogP contribution < -0.4 is 5.11 Å². The molecule has 2 rings (SSSR count). The van der Waals surface area contributed by atoms with E-state index in [4.69, 9.17) is 0 Å². The van der Waals surface area contributed by atoms with Gasteiger partial charge in [0.1, 0.15) is 0 Å². The number of rotatable bonds is 4. The van der Waals surface area contributed by atoms with E-state index in [1.165, 1.54) is 12.1 Å². The predicted octanol–water partition coefficient (Wildman–Crippen LogP) is 2.19. The first-order chi connectivity index (χ1) is 9.08. The lowest BCUT2D eigenvalue weighted by Crippen LogP contribution is -2.21. The molecule has 0 unspecified atom stereocenters. The summed E-state index contributed by atoms with van der Waals surface area (Å²) in [6.07, 6.45) is 3.22. The highest BCUT2D eigenvalue weighted by Crippen LogP contribution is 2.20. The summed E-state index contributed by atoms with van der Waals surface area (Å²) in [4.78, 5) is 21.1. The molecule has 0 saturated heterocycles. The van der Waals surface area contributed by atoms with Gasteiger partial charge in [-0.2, -0.15) is 0 Å². The highest BCUT2D eigenvalue weighted by molar-refractivity contribution is 7.12. The Morgan fingerprint density at radius 2 is 2.05 bits per heavy atom. The smallest absolute Gasteiger partial charge is 0.270 e. The van der Waals surface area contributed by atoms with Crippen LogP contribution in [0.15, 0.2) is 35.7 Å². The van der Waals surface area contributed by atoms with Crippen LogP contribution in [0.5, 0.6) is 0 Å². The Kier molecular flexibility index (Phi) is 3.72. The zero-order valence-electron chi connectivity index (χ0n) is 9.61. The van der Waals surface area contributed by atoms with Gasteiger partial charge in [-0.25, -0.2) is 0 Å². The molecule has 0 amide bonds. The third-order valence-corrected chi connectivity index (χ3v) is 3.33. The summed E-state index contributed by atoms with van der Waals surface area (Å²) in [7, 11) is 0. The van der Waals surface area contributed by atoms with Gasteiger partial charge in [0.15, 0.2) is 0 Å². The quantitative estimate of drug-likeness (QED) is 0.632. The van der Waals surface area contributed by atoms with Gasteiger partial charge in [-0.05, 0) is 22.6 Å². The van der Waals surface area contributed by atoms with E-state index in [-0.39, 0.29) is 10.6 Å². The number of thiophene rings is 1. The summed E-state index contributed by atoms with van der Waals surface area (Å²) < 4.78 is 0. The number of carbonyl (C=O) groups excluding carboxylic acids is 1. The van der Waals surface area contributed by atoms with Gasteiger partial charge >= 0.3 is 0 Å². The lowest BCUT2D eigenvalue weighted by molar-refractivity contribution is -0.384. The summed E-state index contributed by atoms with van der Waals surface area (Å²) in [5.41, 5.74) is 1.15. The van der Waals surface area contributed by atoms with Gasteiger partial charge in [-0.1, -0.05) is 24.3 Å². The average Bonchev–Trinajstić information content (AvgIpc) is 2.85. The molecule has 0 spiro atoms. The van der Waals surface area contributed by atoms with Gasteiger partial charge in [0, 0.05) is 12.1 Å². The monoisotopic (exact) mass is 274 g/mol.